The standard InChI is InChI=1S/C22H15FN2O2/c23-18-11-4-5-12-19(18)24-22(27)21(26)20-17(15-8-2-1-3-9-15)14-16-10-6-7-13-25(16)20/h1-14H,(H,24,27). The van der Waals surface area contributed by atoms with Gasteiger partial charge < -0.3 is 9.72 Å². The van der Waals surface area contributed by atoms with Crippen LogP contribution in [0.25, 0.3) is 16.6 Å². The average molecular weight is 358 g/mol. The van der Waals surface area contributed by atoms with Gasteiger partial charge in [0, 0.05) is 17.3 Å². The molecule has 2 aromatic heterocycles. The van der Waals surface area contributed by atoms with E-state index in [-0.39, 0.29) is 11.4 Å². The number of pyridine rings is 1. The van der Waals surface area contributed by atoms with E-state index in [1.165, 1.54) is 18.2 Å². The van der Waals surface area contributed by atoms with Crippen molar-refractivity contribution < 1.29 is 14.0 Å². The maximum absolute atomic E-state index is 13.8. The molecule has 0 bridgehead atoms. The topological polar surface area (TPSA) is 50.6 Å². The summed E-state index contributed by atoms with van der Waals surface area (Å²) in [6.45, 7) is 0. The smallest absolute Gasteiger partial charge is 0.298 e. The lowest BCUT2D eigenvalue weighted by Crippen LogP contribution is -2.25. The summed E-state index contributed by atoms with van der Waals surface area (Å²) in [6.07, 6.45) is 1.73. The Morgan fingerprint density at radius 1 is 0.852 bits per heavy atom. The molecule has 1 amide bonds. The molecule has 0 radical (unpaired) electrons. The van der Waals surface area contributed by atoms with Crippen LogP contribution in [0.2, 0.25) is 0 Å². The fraction of sp³-hybridized carbons (Fsp3) is 0. The lowest BCUT2D eigenvalue weighted by molar-refractivity contribution is -0.112. The third-order valence-electron chi connectivity index (χ3n) is 4.31. The van der Waals surface area contributed by atoms with Crippen LogP contribution in [0.15, 0.2) is 85.1 Å². The summed E-state index contributed by atoms with van der Waals surface area (Å²) >= 11 is 0. The number of hydrogen-bond donors (Lipinski definition) is 1. The van der Waals surface area contributed by atoms with Crippen LogP contribution in [0.5, 0.6) is 0 Å². The summed E-state index contributed by atoms with van der Waals surface area (Å²) in [5.74, 6) is -2.22. The highest BCUT2D eigenvalue weighted by Gasteiger charge is 2.25. The van der Waals surface area contributed by atoms with Crippen molar-refractivity contribution in [3.05, 3.63) is 96.6 Å². The van der Waals surface area contributed by atoms with Crippen LogP contribution in [0.1, 0.15) is 10.5 Å². The van der Waals surface area contributed by atoms with Crippen LogP contribution in [0, 0.1) is 5.82 Å². The van der Waals surface area contributed by atoms with Crippen molar-refractivity contribution in [1.29, 1.82) is 0 Å². The quantitative estimate of drug-likeness (QED) is 0.429. The second-order valence-electron chi connectivity index (χ2n) is 6.03. The van der Waals surface area contributed by atoms with Crippen molar-refractivity contribution in [1.82, 2.24) is 4.40 Å². The van der Waals surface area contributed by atoms with Crippen molar-refractivity contribution in [2.24, 2.45) is 0 Å². The van der Waals surface area contributed by atoms with Gasteiger partial charge >= 0.3 is 0 Å². The van der Waals surface area contributed by atoms with Crippen LogP contribution in [-0.2, 0) is 4.79 Å². The summed E-state index contributed by atoms with van der Waals surface area (Å²) in [4.78, 5) is 25.5. The first-order chi connectivity index (χ1) is 13.1. The lowest BCUT2D eigenvalue weighted by Gasteiger charge is -2.08. The van der Waals surface area contributed by atoms with Gasteiger partial charge in [0.15, 0.2) is 0 Å². The molecule has 0 unspecified atom stereocenters. The number of nitrogens with one attached hydrogen (secondary N) is 1. The number of hydrogen-bond acceptors (Lipinski definition) is 2. The number of ketones is 1. The number of carbonyl (C=O) groups is 2. The Morgan fingerprint density at radius 2 is 1.56 bits per heavy atom. The first-order valence-electron chi connectivity index (χ1n) is 8.41. The number of amides is 1. The Hall–Kier alpha value is -3.73. The SMILES string of the molecule is O=C(Nc1ccccc1F)C(=O)c1c(-c2ccccc2)cc2ccccn12. The molecule has 0 aliphatic carbocycles. The van der Waals surface area contributed by atoms with E-state index in [4.69, 9.17) is 0 Å². The molecule has 4 nitrogen and oxygen atoms in total. The number of benzene rings is 2. The first kappa shape index (κ1) is 16.7. The molecule has 4 rings (SSSR count). The number of fused-ring (bicyclic) bond motifs is 1. The number of anilines is 1. The van der Waals surface area contributed by atoms with E-state index in [2.05, 4.69) is 5.32 Å². The average Bonchev–Trinajstić information content (AvgIpc) is 3.09. The van der Waals surface area contributed by atoms with Crippen LogP contribution >= 0.6 is 0 Å². The van der Waals surface area contributed by atoms with Gasteiger partial charge in [-0.25, -0.2) is 4.39 Å². The zero-order valence-corrected chi connectivity index (χ0v) is 14.2. The van der Waals surface area contributed by atoms with Crippen molar-refractivity contribution in [2.75, 3.05) is 5.32 Å². The minimum absolute atomic E-state index is 0.0297. The van der Waals surface area contributed by atoms with Gasteiger partial charge in [-0.3, -0.25) is 9.59 Å². The highest BCUT2D eigenvalue weighted by atomic mass is 19.1. The van der Waals surface area contributed by atoms with Gasteiger partial charge in [-0.2, -0.15) is 0 Å². The Morgan fingerprint density at radius 3 is 2.33 bits per heavy atom. The van der Waals surface area contributed by atoms with Gasteiger partial charge in [-0.15, -0.1) is 0 Å². The Bertz CT molecular complexity index is 1150. The van der Waals surface area contributed by atoms with Gasteiger partial charge in [0.05, 0.1) is 5.69 Å². The molecule has 5 heteroatoms. The molecular weight excluding hydrogens is 343 g/mol. The van der Waals surface area contributed by atoms with E-state index in [1.807, 2.05) is 48.5 Å². The number of carbonyl (C=O) groups excluding carboxylic acids is 2. The Labute approximate surface area is 154 Å². The monoisotopic (exact) mass is 358 g/mol. The number of halogens is 1. The Kier molecular flexibility index (Phi) is 4.26. The second kappa shape index (κ2) is 6.88. The lowest BCUT2D eigenvalue weighted by atomic mass is 10.0. The Balaban J connectivity index is 1.79. The predicted molar refractivity (Wildman–Crippen MR) is 102 cm³/mol. The number of para-hydroxylation sites is 1. The molecule has 132 valence electrons. The number of rotatable bonds is 4. The fourth-order valence-corrected chi connectivity index (χ4v) is 3.04. The van der Waals surface area contributed by atoms with Crippen LogP contribution in [-0.4, -0.2) is 16.1 Å². The summed E-state index contributed by atoms with van der Waals surface area (Å²) in [7, 11) is 0. The summed E-state index contributed by atoms with van der Waals surface area (Å²) < 4.78 is 15.5. The fourth-order valence-electron chi connectivity index (χ4n) is 3.04. The van der Waals surface area contributed by atoms with Crippen molar-refractivity contribution in [3.8, 4) is 11.1 Å². The van der Waals surface area contributed by atoms with E-state index < -0.39 is 17.5 Å². The molecular formula is C22H15FN2O2. The molecule has 0 aliphatic rings. The van der Waals surface area contributed by atoms with Crippen LogP contribution in [0.4, 0.5) is 10.1 Å². The molecule has 0 spiro atoms. The second-order valence-corrected chi connectivity index (χ2v) is 6.03. The van der Waals surface area contributed by atoms with E-state index in [0.29, 0.717) is 5.56 Å². The zero-order chi connectivity index (χ0) is 18.8. The molecule has 0 fully saturated rings. The zero-order valence-electron chi connectivity index (χ0n) is 14.2. The molecule has 0 saturated heterocycles. The maximum atomic E-state index is 13.8. The molecule has 27 heavy (non-hydrogen) atoms. The maximum Gasteiger partial charge on any atom is 0.298 e. The minimum Gasteiger partial charge on any atom is -0.317 e. The van der Waals surface area contributed by atoms with Crippen LogP contribution < -0.4 is 5.32 Å². The summed E-state index contributed by atoms with van der Waals surface area (Å²) in [5.41, 5.74) is 2.47. The number of aromatic nitrogens is 1. The molecule has 4 aromatic rings. The largest absolute Gasteiger partial charge is 0.317 e. The van der Waals surface area contributed by atoms with Gasteiger partial charge in [0.1, 0.15) is 11.5 Å². The molecule has 0 saturated carbocycles. The van der Waals surface area contributed by atoms with E-state index >= 15 is 0 Å². The first-order valence-corrected chi connectivity index (χ1v) is 8.41. The van der Waals surface area contributed by atoms with Crippen molar-refractivity contribution in [2.45, 2.75) is 0 Å². The summed E-state index contributed by atoms with van der Waals surface area (Å²) in [5, 5.41) is 2.36. The number of Topliss-reactive ketones (excluding diaryl/α,β-unsaturated/α-hetero) is 1. The van der Waals surface area contributed by atoms with Gasteiger partial charge in [-0.05, 0) is 35.9 Å². The predicted octanol–water partition coefficient (Wildman–Crippen LogP) is 4.57. The van der Waals surface area contributed by atoms with Gasteiger partial charge in [0.2, 0.25) is 0 Å². The minimum atomic E-state index is -0.888. The molecule has 2 aromatic carbocycles. The highest BCUT2D eigenvalue weighted by molar-refractivity contribution is 6.47. The molecule has 1 N–H and O–H groups in total. The third kappa shape index (κ3) is 3.11. The number of nitrogens with zero attached hydrogens (tertiary/aromatic N) is 1. The van der Waals surface area contributed by atoms with E-state index in [0.717, 1.165) is 11.1 Å². The third-order valence-corrected chi connectivity index (χ3v) is 4.31. The van der Waals surface area contributed by atoms with Crippen molar-refractivity contribution >= 4 is 22.9 Å². The highest BCUT2D eigenvalue weighted by Crippen LogP contribution is 2.28. The van der Waals surface area contributed by atoms with E-state index in [9.17, 15) is 14.0 Å². The van der Waals surface area contributed by atoms with Gasteiger partial charge in [-0.1, -0.05) is 48.5 Å². The van der Waals surface area contributed by atoms with E-state index in [1.54, 1.807) is 22.7 Å². The normalized spacial score (nSPS) is 10.7. The van der Waals surface area contributed by atoms with Crippen LogP contribution in [0.3, 0.4) is 0 Å². The molecule has 2 heterocycles. The molecule has 0 atom stereocenters. The van der Waals surface area contributed by atoms with Crippen molar-refractivity contribution in [3.63, 3.8) is 0 Å². The van der Waals surface area contributed by atoms with Gasteiger partial charge in [0.25, 0.3) is 11.7 Å². The summed E-state index contributed by atoms with van der Waals surface area (Å²) in [6, 6.07) is 22.5. The molecule has 0 aliphatic heterocycles.